The molecule has 0 aliphatic rings. The molecule has 4 heteroatoms. The van der Waals surface area contributed by atoms with Gasteiger partial charge >= 0.3 is 0 Å². The average molecular weight is 298 g/mol. The highest BCUT2D eigenvalue weighted by atomic mass is 15.0. The van der Waals surface area contributed by atoms with Crippen molar-refractivity contribution < 1.29 is 0 Å². The smallest absolute Gasteiger partial charge is 0.180 e. The highest BCUT2D eigenvalue weighted by Crippen LogP contribution is 2.15. The summed E-state index contributed by atoms with van der Waals surface area (Å²) < 4.78 is 0. The SMILES string of the molecule is CCCCCCCCNc1cc(C)nc(-c2ccccn2)n1. The predicted octanol–water partition coefficient (Wildman–Crippen LogP) is 4.62. The molecule has 0 unspecified atom stereocenters. The van der Waals surface area contributed by atoms with E-state index in [1.54, 1.807) is 6.20 Å². The van der Waals surface area contributed by atoms with Gasteiger partial charge in [-0.2, -0.15) is 0 Å². The van der Waals surface area contributed by atoms with Crippen LogP contribution in [0.1, 0.15) is 51.1 Å². The van der Waals surface area contributed by atoms with Crippen molar-refractivity contribution in [3.63, 3.8) is 0 Å². The van der Waals surface area contributed by atoms with E-state index in [-0.39, 0.29) is 0 Å². The van der Waals surface area contributed by atoms with Gasteiger partial charge in [0.15, 0.2) is 5.82 Å². The highest BCUT2D eigenvalue weighted by molar-refractivity contribution is 5.52. The van der Waals surface area contributed by atoms with E-state index >= 15 is 0 Å². The van der Waals surface area contributed by atoms with Gasteiger partial charge in [-0.1, -0.05) is 45.1 Å². The topological polar surface area (TPSA) is 50.7 Å². The van der Waals surface area contributed by atoms with Crippen LogP contribution >= 0.6 is 0 Å². The second-order valence-electron chi connectivity index (χ2n) is 5.63. The third kappa shape index (κ3) is 5.43. The molecule has 0 saturated heterocycles. The Morgan fingerprint density at radius 1 is 1.00 bits per heavy atom. The maximum absolute atomic E-state index is 4.57. The van der Waals surface area contributed by atoms with Crippen molar-refractivity contribution in [2.75, 3.05) is 11.9 Å². The van der Waals surface area contributed by atoms with E-state index in [2.05, 4.69) is 27.2 Å². The molecule has 0 radical (unpaired) electrons. The van der Waals surface area contributed by atoms with Crippen LogP contribution in [-0.2, 0) is 0 Å². The third-order valence-corrected chi connectivity index (χ3v) is 3.58. The van der Waals surface area contributed by atoms with E-state index < -0.39 is 0 Å². The lowest BCUT2D eigenvalue weighted by Gasteiger charge is -2.08. The molecule has 22 heavy (non-hydrogen) atoms. The third-order valence-electron chi connectivity index (χ3n) is 3.58. The molecular weight excluding hydrogens is 272 g/mol. The van der Waals surface area contributed by atoms with Crippen LogP contribution in [-0.4, -0.2) is 21.5 Å². The van der Waals surface area contributed by atoms with Crippen LogP contribution in [0, 0.1) is 6.92 Å². The summed E-state index contributed by atoms with van der Waals surface area (Å²) in [5.74, 6) is 1.58. The van der Waals surface area contributed by atoms with E-state index in [0.717, 1.165) is 23.8 Å². The van der Waals surface area contributed by atoms with Crippen molar-refractivity contribution >= 4 is 5.82 Å². The molecule has 0 fully saturated rings. The molecule has 0 bridgehead atoms. The Bertz CT molecular complexity index is 554. The van der Waals surface area contributed by atoms with Gasteiger partial charge in [0.25, 0.3) is 0 Å². The minimum Gasteiger partial charge on any atom is -0.370 e. The van der Waals surface area contributed by atoms with Crippen LogP contribution in [0.4, 0.5) is 5.82 Å². The van der Waals surface area contributed by atoms with Crippen molar-refractivity contribution in [3.05, 3.63) is 36.2 Å². The molecule has 2 aromatic heterocycles. The van der Waals surface area contributed by atoms with Crippen LogP contribution in [0.5, 0.6) is 0 Å². The molecule has 118 valence electrons. The molecule has 0 aliphatic heterocycles. The first kappa shape index (κ1) is 16.4. The van der Waals surface area contributed by atoms with E-state index in [0.29, 0.717) is 5.82 Å². The van der Waals surface area contributed by atoms with Gasteiger partial charge in [-0.25, -0.2) is 9.97 Å². The number of unbranched alkanes of at least 4 members (excludes halogenated alkanes) is 5. The molecule has 2 heterocycles. The molecule has 1 N–H and O–H groups in total. The lowest BCUT2D eigenvalue weighted by atomic mass is 10.1. The second kappa shape index (κ2) is 9.13. The number of rotatable bonds is 9. The zero-order valence-corrected chi connectivity index (χ0v) is 13.7. The van der Waals surface area contributed by atoms with E-state index in [1.807, 2.05) is 31.2 Å². The van der Waals surface area contributed by atoms with Crippen LogP contribution < -0.4 is 5.32 Å². The van der Waals surface area contributed by atoms with Gasteiger partial charge in [0.1, 0.15) is 11.5 Å². The van der Waals surface area contributed by atoms with Crippen molar-refractivity contribution in [1.29, 1.82) is 0 Å². The van der Waals surface area contributed by atoms with E-state index in [9.17, 15) is 0 Å². The Morgan fingerprint density at radius 2 is 1.82 bits per heavy atom. The van der Waals surface area contributed by atoms with Gasteiger partial charge in [-0.3, -0.25) is 4.98 Å². The summed E-state index contributed by atoms with van der Waals surface area (Å²) in [5.41, 5.74) is 1.77. The summed E-state index contributed by atoms with van der Waals surface area (Å²) in [4.78, 5) is 13.4. The molecule has 2 aromatic rings. The minimum absolute atomic E-state index is 0.686. The van der Waals surface area contributed by atoms with E-state index in [4.69, 9.17) is 0 Å². The first-order chi connectivity index (χ1) is 10.8. The standard InChI is InChI=1S/C18H26N4/c1-3-4-5-6-7-9-13-20-17-14-15(2)21-18(22-17)16-11-8-10-12-19-16/h8,10-12,14H,3-7,9,13H2,1-2H3,(H,20,21,22). The van der Waals surface area contributed by atoms with Crippen LogP contribution in [0.25, 0.3) is 11.5 Å². The average Bonchev–Trinajstić information content (AvgIpc) is 2.54. The molecule has 4 nitrogen and oxygen atoms in total. The fourth-order valence-corrected chi connectivity index (χ4v) is 2.39. The number of pyridine rings is 1. The summed E-state index contributed by atoms with van der Waals surface area (Å²) in [6.45, 7) is 5.20. The first-order valence-corrected chi connectivity index (χ1v) is 8.30. The molecule has 2 rings (SSSR count). The van der Waals surface area contributed by atoms with Gasteiger partial charge in [-0.15, -0.1) is 0 Å². The quantitative estimate of drug-likeness (QED) is 0.686. The zero-order chi connectivity index (χ0) is 15.6. The van der Waals surface area contributed by atoms with Gasteiger partial charge in [0, 0.05) is 24.5 Å². The second-order valence-corrected chi connectivity index (χ2v) is 5.63. The first-order valence-electron chi connectivity index (χ1n) is 8.30. The van der Waals surface area contributed by atoms with Gasteiger partial charge in [-0.05, 0) is 25.5 Å². The summed E-state index contributed by atoms with van der Waals surface area (Å²) in [7, 11) is 0. The lowest BCUT2D eigenvalue weighted by molar-refractivity contribution is 0.617. The number of aryl methyl sites for hydroxylation is 1. The predicted molar refractivity (Wildman–Crippen MR) is 91.9 cm³/mol. The monoisotopic (exact) mass is 298 g/mol. The Morgan fingerprint density at radius 3 is 2.59 bits per heavy atom. The molecule has 0 saturated carbocycles. The zero-order valence-electron chi connectivity index (χ0n) is 13.7. The molecule has 0 aromatic carbocycles. The Labute approximate surface area is 133 Å². The normalized spacial score (nSPS) is 10.6. The molecule has 0 aliphatic carbocycles. The van der Waals surface area contributed by atoms with Crippen molar-refractivity contribution in [2.45, 2.75) is 52.4 Å². The molecule has 0 spiro atoms. The van der Waals surface area contributed by atoms with Gasteiger partial charge < -0.3 is 5.32 Å². The highest BCUT2D eigenvalue weighted by Gasteiger charge is 2.05. The van der Waals surface area contributed by atoms with Gasteiger partial charge in [0.2, 0.25) is 0 Å². The number of nitrogens with zero attached hydrogens (tertiary/aromatic N) is 3. The number of hydrogen-bond acceptors (Lipinski definition) is 4. The van der Waals surface area contributed by atoms with Crippen LogP contribution in [0.15, 0.2) is 30.5 Å². The minimum atomic E-state index is 0.686. The number of nitrogens with one attached hydrogen (secondary N) is 1. The largest absolute Gasteiger partial charge is 0.370 e. The van der Waals surface area contributed by atoms with E-state index in [1.165, 1.54) is 38.5 Å². The molecule has 0 amide bonds. The Balaban J connectivity index is 1.85. The van der Waals surface area contributed by atoms with Crippen molar-refractivity contribution in [2.24, 2.45) is 0 Å². The number of anilines is 1. The molecule has 0 atom stereocenters. The van der Waals surface area contributed by atoms with Crippen LogP contribution in [0.2, 0.25) is 0 Å². The number of aromatic nitrogens is 3. The molecular formula is C18H26N4. The summed E-state index contributed by atoms with van der Waals surface area (Å²) in [6, 6.07) is 7.78. The van der Waals surface area contributed by atoms with Crippen LogP contribution in [0.3, 0.4) is 0 Å². The maximum atomic E-state index is 4.57. The number of hydrogen-bond donors (Lipinski definition) is 1. The van der Waals surface area contributed by atoms with Crippen molar-refractivity contribution in [3.8, 4) is 11.5 Å². The fraction of sp³-hybridized carbons (Fsp3) is 0.500. The Kier molecular flexibility index (Phi) is 6.81. The Hall–Kier alpha value is -1.97. The summed E-state index contributed by atoms with van der Waals surface area (Å²) in [6.07, 6.45) is 9.57. The summed E-state index contributed by atoms with van der Waals surface area (Å²) in [5, 5.41) is 3.41. The fourth-order valence-electron chi connectivity index (χ4n) is 2.39. The van der Waals surface area contributed by atoms with Gasteiger partial charge in [0.05, 0.1) is 0 Å². The van der Waals surface area contributed by atoms with Crippen molar-refractivity contribution in [1.82, 2.24) is 15.0 Å². The lowest BCUT2D eigenvalue weighted by Crippen LogP contribution is -2.05. The summed E-state index contributed by atoms with van der Waals surface area (Å²) >= 11 is 0. The maximum Gasteiger partial charge on any atom is 0.180 e.